The minimum absolute atomic E-state index is 0.0336. The molecule has 4 N–H and O–H groups in total. The molecule has 0 saturated heterocycles. The third-order valence-corrected chi connectivity index (χ3v) is 2.35. The summed E-state index contributed by atoms with van der Waals surface area (Å²) in [5.74, 6) is -3.05. The molecule has 106 valence electrons. The SMILES string of the molecule is NC(=O)C[C@H](NC(=O)c1ccc([N+](=O)[O-])cc1)C(=O)O. The average molecular weight is 281 g/mol. The highest BCUT2D eigenvalue weighted by Crippen LogP contribution is 2.12. The maximum Gasteiger partial charge on any atom is 0.326 e. The maximum atomic E-state index is 11.7. The Morgan fingerprint density at radius 2 is 1.85 bits per heavy atom. The minimum Gasteiger partial charge on any atom is -0.480 e. The number of nitro benzene ring substituents is 1. The van der Waals surface area contributed by atoms with E-state index < -0.39 is 35.2 Å². The Bertz CT molecular complexity index is 554. The summed E-state index contributed by atoms with van der Waals surface area (Å²) in [6, 6.07) is 3.13. The standard InChI is InChI=1S/C11H11N3O6/c12-9(15)5-8(11(17)18)13-10(16)6-1-3-7(4-2-6)14(19)20/h1-4,8H,5H2,(H2,12,15)(H,13,16)(H,17,18)/t8-/m0/s1. The van der Waals surface area contributed by atoms with Crippen LogP contribution in [0.4, 0.5) is 5.69 Å². The summed E-state index contributed by atoms with van der Waals surface area (Å²) >= 11 is 0. The topological polar surface area (TPSA) is 153 Å². The van der Waals surface area contributed by atoms with Crippen LogP contribution in [0.5, 0.6) is 0 Å². The van der Waals surface area contributed by atoms with Gasteiger partial charge < -0.3 is 16.2 Å². The van der Waals surface area contributed by atoms with Crippen molar-refractivity contribution >= 4 is 23.5 Å². The van der Waals surface area contributed by atoms with E-state index in [1.165, 1.54) is 12.1 Å². The van der Waals surface area contributed by atoms with Crippen molar-refractivity contribution in [2.24, 2.45) is 5.73 Å². The smallest absolute Gasteiger partial charge is 0.326 e. The number of nitrogens with two attached hydrogens (primary N) is 1. The Labute approximate surface area is 112 Å². The van der Waals surface area contributed by atoms with E-state index >= 15 is 0 Å². The van der Waals surface area contributed by atoms with E-state index in [2.05, 4.69) is 5.32 Å². The highest BCUT2D eigenvalue weighted by Gasteiger charge is 2.22. The van der Waals surface area contributed by atoms with Gasteiger partial charge in [0.15, 0.2) is 0 Å². The van der Waals surface area contributed by atoms with Gasteiger partial charge in [-0.1, -0.05) is 0 Å². The van der Waals surface area contributed by atoms with Crippen molar-refractivity contribution in [2.45, 2.75) is 12.5 Å². The molecule has 1 aromatic rings. The van der Waals surface area contributed by atoms with Crippen LogP contribution in [0.15, 0.2) is 24.3 Å². The first-order valence-corrected chi connectivity index (χ1v) is 5.37. The summed E-state index contributed by atoms with van der Waals surface area (Å²) < 4.78 is 0. The lowest BCUT2D eigenvalue weighted by Crippen LogP contribution is -2.43. The van der Waals surface area contributed by atoms with Gasteiger partial charge in [-0.15, -0.1) is 0 Å². The Morgan fingerprint density at radius 1 is 1.30 bits per heavy atom. The van der Waals surface area contributed by atoms with Gasteiger partial charge in [0.25, 0.3) is 11.6 Å². The number of carboxylic acid groups (broad SMARTS) is 1. The predicted molar refractivity (Wildman–Crippen MR) is 65.8 cm³/mol. The molecule has 0 saturated carbocycles. The number of benzene rings is 1. The van der Waals surface area contributed by atoms with Gasteiger partial charge in [-0.2, -0.15) is 0 Å². The van der Waals surface area contributed by atoms with E-state index in [0.29, 0.717) is 0 Å². The van der Waals surface area contributed by atoms with Crippen LogP contribution in [0, 0.1) is 10.1 Å². The molecule has 9 heteroatoms. The number of amides is 2. The van der Waals surface area contributed by atoms with Crippen LogP contribution < -0.4 is 11.1 Å². The summed E-state index contributed by atoms with van der Waals surface area (Å²) in [6.45, 7) is 0. The Kier molecular flexibility index (Phi) is 4.73. The molecule has 0 aliphatic heterocycles. The van der Waals surface area contributed by atoms with Crippen LogP contribution in [0.25, 0.3) is 0 Å². The second-order valence-corrected chi connectivity index (χ2v) is 3.84. The van der Waals surface area contributed by atoms with Gasteiger partial charge in [0.1, 0.15) is 6.04 Å². The quantitative estimate of drug-likeness (QED) is 0.478. The molecule has 0 fully saturated rings. The number of nitro groups is 1. The van der Waals surface area contributed by atoms with E-state index in [1.54, 1.807) is 0 Å². The molecule has 20 heavy (non-hydrogen) atoms. The number of hydrogen-bond donors (Lipinski definition) is 3. The molecular weight excluding hydrogens is 270 g/mol. The molecule has 1 rings (SSSR count). The summed E-state index contributed by atoms with van der Waals surface area (Å²) in [4.78, 5) is 43.1. The van der Waals surface area contributed by atoms with Crippen molar-refractivity contribution in [3.05, 3.63) is 39.9 Å². The van der Waals surface area contributed by atoms with Crippen LogP contribution in [-0.4, -0.2) is 33.9 Å². The van der Waals surface area contributed by atoms with Crippen LogP contribution in [0.1, 0.15) is 16.8 Å². The summed E-state index contributed by atoms with van der Waals surface area (Å²) in [6.07, 6.45) is -0.548. The minimum atomic E-state index is -1.45. The fraction of sp³-hybridized carbons (Fsp3) is 0.182. The monoisotopic (exact) mass is 281 g/mol. The van der Waals surface area contributed by atoms with Crippen molar-refractivity contribution < 1.29 is 24.4 Å². The first kappa shape index (κ1) is 15.1. The highest BCUT2D eigenvalue weighted by atomic mass is 16.6. The van der Waals surface area contributed by atoms with Gasteiger partial charge in [0, 0.05) is 17.7 Å². The molecule has 0 aliphatic rings. The number of nitrogens with one attached hydrogen (secondary N) is 1. The van der Waals surface area contributed by atoms with Crippen molar-refractivity contribution in [1.82, 2.24) is 5.32 Å². The summed E-state index contributed by atoms with van der Waals surface area (Å²) in [5.41, 5.74) is 4.70. The second kappa shape index (κ2) is 6.27. The van der Waals surface area contributed by atoms with E-state index in [0.717, 1.165) is 12.1 Å². The van der Waals surface area contributed by atoms with Crippen LogP contribution in [0.3, 0.4) is 0 Å². The fourth-order valence-electron chi connectivity index (χ4n) is 1.38. The Balaban J connectivity index is 2.80. The lowest BCUT2D eigenvalue weighted by atomic mass is 10.1. The number of carbonyl (C=O) groups excluding carboxylic acids is 2. The van der Waals surface area contributed by atoms with Gasteiger partial charge in [-0.05, 0) is 12.1 Å². The van der Waals surface area contributed by atoms with Crippen LogP contribution >= 0.6 is 0 Å². The van der Waals surface area contributed by atoms with Crippen molar-refractivity contribution in [1.29, 1.82) is 0 Å². The third kappa shape index (κ3) is 4.05. The van der Waals surface area contributed by atoms with E-state index in [-0.39, 0.29) is 11.3 Å². The average Bonchev–Trinajstić information content (AvgIpc) is 2.37. The van der Waals surface area contributed by atoms with Gasteiger partial charge >= 0.3 is 5.97 Å². The normalized spacial score (nSPS) is 11.4. The molecule has 2 amide bonds. The zero-order valence-corrected chi connectivity index (χ0v) is 10.1. The molecule has 9 nitrogen and oxygen atoms in total. The predicted octanol–water partition coefficient (Wildman–Crippen LogP) is -0.347. The lowest BCUT2D eigenvalue weighted by molar-refractivity contribution is -0.384. The highest BCUT2D eigenvalue weighted by molar-refractivity contribution is 5.97. The van der Waals surface area contributed by atoms with Gasteiger partial charge in [-0.25, -0.2) is 4.79 Å². The fourth-order valence-corrected chi connectivity index (χ4v) is 1.38. The van der Waals surface area contributed by atoms with Crippen molar-refractivity contribution in [3.8, 4) is 0 Å². The number of aliphatic carboxylic acids is 1. The van der Waals surface area contributed by atoms with Crippen LogP contribution in [0.2, 0.25) is 0 Å². The van der Waals surface area contributed by atoms with Gasteiger partial charge in [0.2, 0.25) is 5.91 Å². The van der Waals surface area contributed by atoms with Crippen molar-refractivity contribution in [3.63, 3.8) is 0 Å². The van der Waals surface area contributed by atoms with Crippen molar-refractivity contribution in [2.75, 3.05) is 0 Å². The third-order valence-electron chi connectivity index (χ3n) is 2.35. The number of non-ortho nitro benzene ring substituents is 1. The molecule has 0 aromatic heterocycles. The molecule has 0 aliphatic carbocycles. The second-order valence-electron chi connectivity index (χ2n) is 3.84. The van der Waals surface area contributed by atoms with E-state index in [4.69, 9.17) is 10.8 Å². The molecule has 0 bridgehead atoms. The summed E-state index contributed by atoms with van der Waals surface area (Å²) in [5, 5.41) is 21.4. The number of carboxylic acids is 1. The Hall–Kier alpha value is -2.97. The molecule has 1 aromatic carbocycles. The zero-order valence-electron chi connectivity index (χ0n) is 10.1. The number of hydrogen-bond acceptors (Lipinski definition) is 5. The number of primary amides is 1. The zero-order chi connectivity index (χ0) is 15.3. The molecule has 0 spiro atoms. The molecular formula is C11H11N3O6. The first-order valence-electron chi connectivity index (χ1n) is 5.37. The number of rotatable bonds is 6. The maximum absolute atomic E-state index is 11.7. The van der Waals surface area contributed by atoms with Gasteiger partial charge in [-0.3, -0.25) is 19.7 Å². The summed E-state index contributed by atoms with van der Waals surface area (Å²) in [7, 11) is 0. The Morgan fingerprint density at radius 3 is 2.25 bits per heavy atom. The first-order chi connectivity index (χ1) is 9.31. The number of carbonyl (C=O) groups is 3. The van der Waals surface area contributed by atoms with E-state index in [9.17, 15) is 24.5 Å². The molecule has 0 unspecified atom stereocenters. The number of nitrogens with zero attached hydrogens (tertiary/aromatic N) is 1. The molecule has 1 atom stereocenters. The molecule has 0 radical (unpaired) electrons. The molecule has 0 heterocycles. The van der Waals surface area contributed by atoms with Gasteiger partial charge in [0.05, 0.1) is 11.3 Å². The largest absolute Gasteiger partial charge is 0.480 e. The van der Waals surface area contributed by atoms with E-state index in [1.807, 2.05) is 0 Å². The lowest BCUT2D eigenvalue weighted by Gasteiger charge is -2.12. The van der Waals surface area contributed by atoms with Crippen LogP contribution in [-0.2, 0) is 9.59 Å².